The van der Waals surface area contributed by atoms with E-state index in [2.05, 4.69) is 32.0 Å². The van der Waals surface area contributed by atoms with Gasteiger partial charge in [0.05, 0.1) is 5.69 Å². The lowest BCUT2D eigenvalue weighted by Crippen LogP contribution is -2.26. The van der Waals surface area contributed by atoms with Crippen LogP contribution in [0.3, 0.4) is 0 Å². The summed E-state index contributed by atoms with van der Waals surface area (Å²) in [5.74, 6) is -2.20. The summed E-state index contributed by atoms with van der Waals surface area (Å²) in [6.45, 7) is 2.89. The van der Waals surface area contributed by atoms with Crippen molar-refractivity contribution >= 4 is 5.97 Å². The number of carboxylic acid groups (broad SMARTS) is 1. The number of likely N-dealkylation sites (tertiary alicyclic amines) is 1. The van der Waals surface area contributed by atoms with Crippen molar-refractivity contribution in [3.8, 4) is 22.6 Å². The molecule has 3 heterocycles. The first-order chi connectivity index (χ1) is 15.6. The average Bonchev–Trinajstić information content (AvgIpc) is 3.19. The number of nitrogens with one attached hydrogen (secondary N) is 1. The fraction of sp³-hybridized carbons (Fsp3) is 0.273. The summed E-state index contributed by atoms with van der Waals surface area (Å²) in [7, 11) is 0. The molecule has 33 heavy (non-hydrogen) atoms. The highest BCUT2D eigenvalue weighted by atomic mass is 19.4. The first kappa shape index (κ1) is 24.1. The zero-order valence-electron chi connectivity index (χ0n) is 17.4. The van der Waals surface area contributed by atoms with Gasteiger partial charge in [0.1, 0.15) is 5.82 Å². The van der Waals surface area contributed by atoms with Gasteiger partial charge in [-0.2, -0.15) is 13.2 Å². The van der Waals surface area contributed by atoms with Gasteiger partial charge in [-0.15, -0.1) is 0 Å². The molecule has 0 saturated carbocycles. The van der Waals surface area contributed by atoms with Crippen LogP contribution in [0.1, 0.15) is 12.0 Å². The van der Waals surface area contributed by atoms with E-state index in [1.165, 1.54) is 11.6 Å². The van der Waals surface area contributed by atoms with Crippen molar-refractivity contribution in [3.05, 3.63) is 70.8 Å². The molecular weight excluding hydrogens is 439 g/mol. The number of hydrogen-bond acceptors (Lipinski definition) is 6. The van der Waals surface area contributed by atoms with Crippen molar-refractivity contribution in [3.63, 3.8) is 0 Å². The minimum atomic E-state index is -5.08. The van der Waals surface area contributed by atoms with Crippen molar-refractivity contribution in [2.45, 2.75) is 25.2 Å². The predicted molar refractivity (Wildman–Crippen MR) is 115 cm³/mol. The number of carboxylic acids is 1. The number of hydrogen-bond donors (Lipinski definition) is 3. The van der Waals surface area contributed by atoms with Gasteiger partial charge >= 0.3 is 12.1 Å². The van der Waals surface area contributed by atoms with E-state index in [0.29, 0.717) is 17.6 Å². The minimum Gasteiger partial charge on any atom is -0.475 e. The Kier molecular flexibility index (Phi) is 7.56. The Labute approximate surface area is 186 Å². The van der Waals surface area contributed by atoms with Gasteiger partial charge in [-0.05, 0) is 24.1 Å². The van der Waals surface area contributed by atoms with E-state index in [1.54, 1.807) is 12.4 Å². The van der Waals surface area contributed by atoms with Crippen LogP contribution in [0.2, 0.25) is 0 Å². The van der Waals surface area contributed by atoms with E-state index in [-0.39, 0.29) is 5.56 Å². The smallest absolute Gasteiger partial charge is 0.475 e. The van der Waals surface area contributed by atoms with Crippen LogP contribution in [0.4, 0.5) is 13.2 Å². The first-order valence-corrected chi connectivity index (χ1v) is 10.0. The first-order valence-electron chi connectivity index (χ1n) is 10.0. The molecule has 3 aromatic rings. The summed E-state index contributed by atoms with van der Waals surface area (Å²) in [6.07, 6.45) is -0.622. The second kappa shape index (κ2) is 10.4. The maximum atomic E-state index is 12.1. The number of nitrogens with two attached hydrogens (primary N) is 1. The molecule has 1 atom stereocenters. The van der Waals surface area contributed by atoms with Crippen LogP contribution >= 0.6 is 0 Å². The molecule has 1 saturated heterocycles. The second-order valence-electron chi connectivity index (χ2n) is 7.50. The van der Waals surface area contributed by atoms with E-state index < -0.39 is 12.1 Å². The van der Waals surface area contributed by atoms with E-state index >= 15 is 0 Å². The molecule has 11 heteroatoms. The van der Waals surface area contributed by atoms with Crippen molar-refractivity contribution in [1.29, 1.82) is 0 Å². The SMILES string of the molecule is N[C@@H]1CCN(Cc2ccc(-c3nc(-c4cccnc4)cc(=O)[nH]3)cc2)C1.O=C(O)C(F)(F)F. The van der Waals surface area contributed by atoms with Crippen LogP contribution in [0.15, 0.2) is 59.7 Å². The Bertz CT molecular complexity index is 1130. The Balaban J connectivity index is 0.000000383. The third-order valence-corrected chi connectivity index (χ3v) is 4.88. The van der Waals surface area contributed by atoms with Gasteiger partial charge in [0.2, 0.25) is 0 Å². The Morgan fingerprint density at radius 2 is 1.91 bits per heavy atom. The number of H-pyrrole nitrogens is 1. The summed E-state index contributed by atoms with van der Waals surface area (Å²) >= 11 is 0. The van der Waals surface area contributed by atoms with Gasteiger partial charge in [0.25, 0.3) is 5.56 Å². The average molecular weight is 461 g/mol. The van der Waals surface area contributed by atoms with Gasteiger partial charge in [-0.3, -0.25) is 14.7 Å². The number of pyridine rings is 1. The third kappa shape index (κ3) is 6.96. The number of aliphatic carboxylic acids is 1. The van der Waals surface area contributed by atoms with Crippen LogP contribution in [-0.2, 0) is 11.3 Å². The standard InChI is InChI=1S/C20H21N5O.C2HF3O2/c21-17-7-9-25(13-17)12-14-3-5-15(6-4-14)20-23-18(10-19(26)24-20)16-2-1-8-22-11-16;3-2(4,5)1(6)7/h1-6,8,10-11,17H,7,9,12-13,21H2,(H,23,24,26);(H,6,7)/t17-;/m1./s1. The van der Waals surface area contributed by atoms with E-state index in [0.717, 1.165) is 37.2 Å². The predicted octanol–water partition coefficient (Wildman–Crippen LogP) is 2.67. The Hall–Kier alpha value is -3.57. The van der Waals surface area contributed by atoms with Crippen molar-refractivity contribution in [2.75, 3.05) is 13.1 Å². The monoisotopic (exact) mass is 461 g/mol. The molecule has 2 aromatic heterocycles. The molecule has 8 nitrogen and oxygen atoms in total. The fourth-order valence-electron chi connectivity index (χ4n) is 3.29. The number of alkyl halides is 3. The molecule has 174 valence electrons. The second-order valence-corrected chi connectivity index (χ2v) is 7.50. The highest BCUT2D eigenvalue weighted by Gasteiger charge is 2.38. The zero-order chi connectivity index (χ0) is 24.0. The maximum Gasteiger partial charge on any atom is 0.490 e. The lowest BCUT2D eigenvalue weighted by atomic mass is 10.1. The molecule has 1 aliphatic heterocycles. The van der Waals surface area contributed by atoms with E-state index in [4.69, 9.17) is 15.6 Å². The molecular formula is C22H22F3N5O3. The number of carbonyl (C=O) groups is 1. The largest absolute Gasteiger partial charge is 0.490 e. The molecule has 0 amide bonds. The van der Waals surface area contributed by atoms with Gasteiger partial charge in [-0.1, -0.05) is 24.3 Å². The summed E-state index contributed by atoms with van der Waals surface area (Å²) in [4.78, 5) is 34.8. The Morgan fingerprint density at radius 1 is 1.21 bits per heavy atom. The van der Waals surface area contributed by atoms with Crippen molar-refractivity contribution in [1.82, 2.24) is 19.9 Å². The number of benzene rings is 1. The number of halogens is 3. The molecule has 4 rings (SSSR count). The normalized spacial score (nSPS) is 16.2. The van der Waals surface area contributed by atoms with Crippen LogP contribution in [0.5, 0.6) is 0 Å². The quantitative estimate of drug-likeness (QED) is 0.545. The molecule has 1 aliphatic rings. The van der Waals surface area contributed by atoms with Crippen LogP contribution in [-0.4, -0.2) is 56.2 Å². The molecule has 1 fully saturated rings. The molecule has 4 N–H and O–H groups in total. The molecule has 1 aromatic carbocycles. The van der Waals surface area contributed by atoms with E-state index in [1.807, 2.05) is 24.3 Å². The number of rotatable bonds is 4. The number of nitrogens with zero attached hydrogens (tertiary/aromatic N) is 3. The summed E-state index contributed by atoms with van der Waals surface area (Å²) in [6, 6.07) is 13.7. The summed E-state index contributed by atoms with van der Waals surface area (Å²) < 4.78 is 31.7. The van der Waals surface area contributed by atoms with Crippen molar-refractivity contribution < 1.29 is 23.1 Å². The van der Waals surface area contributed by atoms with Crippen LogP contribution in [0.25, 0.3) is 22.6 Å². The molecule has 0 bridgehead atoms. The molecule has 0 aliphatic carbocycles. The maximum absolute atomic E-state index is 12.1. The summed E-state index contributed by atoms with van der Waals surface area (Å²) in [5.41, 5.74) is 9.34. The van der Waals surface area contributed by atoms with Gasteiger partial charge in [-0.25, -0.2) is 9.78 Å². The topological polar surface area (TPSA) is 125 Å². The highest BCUT2D eigenvalue weighted by Crippen LogP contribution is 2.20. The number of aromatic amines is 1. The van der Waals surface area contributed by atoms with Gasteiger partial charge < -0.3 is 15.8 Å². The molecule has 0 radical (unpaired) electrons. The fourth-order valence-corrected chi connectivity index (χ4v) is 3.29. The van der Waals surface area contributed by atoms with Gasteiger partial charge in [0, 0.05) is 55.3 Å². The van der Waals surface area contributed by atoms with E-state index in [9.17, 15) is 18.0 Å². The molecule has 0 spiro atoms. The zero-order valence-corrected chi connectivity index (χ0v) is 17.4. The lowest BCUT2D eigenvalue weighted by Gasteiger charge is -2.15. The van der Waals surface area contributed by atoms with Gasteiger partial charge in [0.15, 0.2) is 0 Å². The molecule has 0 unspecified atom stereocenters. The third-order valence-electron chi connectivity index (χ3n) is 4.88. The van der Waals surface area contributed by atoms with Crippen LogP contribution < -0.4 is 11.3 Å². The van der Waals surface area contributed by atoms with Crippen molar-refractivity contribution in [2.24, 2.45) is 5.73 Å². The Morgan fingerprint density at radius 3 is 2.45 bits per heavy atom. The highest BCUT2D eigenvalue weighted by molar-refractivity contribution is 5.73. The summed E-state index contributed by atoms with van der Waals surface area (Å²) in [5, 5.41) is 7.12. The lowest BCUT2D eigenvalue weighted by molar-refractivity contribution is -0.192. The minimum absolute atomic E-state index is 0.177. The number of aromatic nitrogens is 3. The van der Waals surface area contributed by atoms with Crippen LogP contribution in [0, 0.1) is 0 Å².